The molecule has 1 aliphatic heterocycles. The highest BCUT2D eigenvalue weighted by Gasteiger charge is 2.16. The lowest BCUT2D eigenvalue weighted by molar-refractivity contribution is 0.214. The normalized spacial score (nSPS) is 15.5. The fourth-order valence-corrected chi connectivity index (χ4v) is 3.54. The second kappa shape index (κ2) is 14.2. The van der Waals surface area contributed by atoms with Gasteiger partial charge in [0.15, 0.2) is 17.5 Å². The highest BCUT2D eigenvalue weighted by molar-refractivity contribution is 14.0. The number of piperazine rings is 1. The standard InChI is InChI=1S/C24H35FN6O.HI/c1-4-26-24(28-16-19(3)32-22-9-7-6-8-21(22)25)29-18-20-10-11-23(27-17-20)31-14-12-30(5-2)13-15-31;/h6-11,17,19H,4-5,12-16,18H2,1-3H3,(H2,26,28,29);1H. The molecule has 0 aliphatic carbocycles. The molecule has 1 saturated heterocycles. The monoisotopic (exact) mass is 570 g/mol. The van der Waals surface area contributed by atoms with Gasteiger partial charge in [0.05, 0.1) is 13.1 Å². The van der Waals surface area contributed by atoms with Gasteiger partial charge in [-0.1, -0.05) is 25.1 Å². The Morgan fingerprint density at radius 2 is 1.88 bits per heavy atom. The van der Waals surface area contributed by atoms with E-state index in [9.17, 15) is 4.39 Å². The molecule has 9 heteroatoms. The number of ether oxygens (including phenoxy) is 1. The van der Waals surface area contributed by atoms with E-state index < -0.39 is 0 Å². The maximum absolute atomic E-state index is 13.8. The van der Waals surface area contributed by atoms with Gasteiger partial charge < -0.3 is 25.2 Å². The number of halogens is 2. The summed E-state index contributed by atoms with van der Waals surface area (Å²) in [6, 6.07) is 10.6. The smallest absolute Gasteiger partial charge is 0.191 e. The van der Waals surface area contributed by atoms with Gasteiger partial charge in [-0.3, -0.25) is 0 Å². The third-order valence-corrected chi connectivity index (χ3v) is 5.44. The van der Waals surface area contributed by atoms with Crippen LogP contribution in [0.3, 0.4) is 0 Å². The number of rotatable bonds is 9. The molecule has 0 amide bonds. The van der Waals surface area contributed by atoms with E-state index in [0.717, 1.165) is 50.6 Å². The molecule has 1 unspecified atom stereocenters. The van der Waals surface area contributed by atoms with Crippen LogP contribution in [-0.2, 0) is 6.54 Å². The number of para-hydroxylation sites is 1. The quantitative estimate of drug-likeness (QED) is 0.274. The number of aromatic nitrogens is 1. The van der Waals surface area contributed by atoms with Gasteiger partial charge in [0.1, 0.15) is 11.9 Å². The molecule has 0 spiro atoms. The van der Waals surface area contributed by atoms with Crippen LogP contribution in [0.4, 0.5) is 10.2 Å². The third-order valence-electron chi connectivity index (χ3n) is 5.44. The van der Waals surface area contributed by atoms with Gasteiger partial charge >= 0.3 is 0 Å². The van der Waals surface area contributed by atoms with Crippen molar-refractivity contribution in [3.8, 4) is 5.75 Å². The van der Waals surface area contributed by atoms with Gasteiger partial charge in [0.25, 0.3) is 0 Å². The first-order chi connectivity index (χ1) is 15.6. The average molecular weight is 570 g/mol. The summed E-state index contributed by atoms with van der Waals surface area (Å²) in [7, 11) is 0. The Hall–Kier alpha value is -2.14. The van der Waals surface area contributed by atoms with E-state index in [2.05, 4.69) is 49.5 Å². The van der Waals surface area contributed by atoms with Gasteiger partial charge in [-0.2, -0.15) is 0 Å². The van der Waals surface area contributed by atoms with E-state index in [1.54, 1.807) is 18.2 Å². The minimum Gasteiger partial charge on any atom is -0.486 e. The zero-order chi connectivity index (χ0) is 22.8. The lowest BCUT2D eigenvalue weighted by atomic mass is 10.2. The van der Waals surface area contributed by atoms with E-state index >= 15 is 0 Å². The van der Waals surface area contributed by atoms with Crippen LogP contribution in [-0.4, -0.2) is 67.8 Å². The lowest BCUT2D eigenvalue weighted by Gasteiger charge is -2.34. The molecule has 1 aromatic carbocycles. The molecule has 1 atom stereocenters. The van der Waals surface area contributed by atoms with Gasteiger partial charge in [-0.15, -0.1) is 24.0 Å². The van der Waals surface area contributed by atoms with Crippen molar-refractivity contribution >= 4 is 35.8 Å². The Morgan fingerprint density at radius 3 is 2.52 bits per heavy atom. The number of anilines is 1. The predicted octanol–water partition coefficient (Wildman–Crippen LogP) is 3.50. The zero-order valence-electron chi connectivity index (χ0n) is 19.8. The summed E-state index contributed by atoms with van der Waals surface area (Å²) in [6.07, 6.45) is 1.68. The molecular formula is C24H36FIN6O. The minimum absolute atomic E-state index is 0. The molecule has 0 radical (unpaired) electrons. The first-order valence-corrected chi connectivity index (χ1v) is 11.4. The maximum Gasteiger partial charge on any atom is 0.191 e. The van der Waals surface area contributed by atoms with Crippen molar-refractivity contribution in [1.82, 2.24) is 20.5 Å². The number of likely N-dealkylation sites (N-methyl/N-ethyl adjacent to an activating group) is 1. The Morgan fingerprint density at radius 1 is 1.12 bits per heavy atom. The molecule has 0 bridgehead atoms. The summed E-state index contributed by atoms with van der Waals surface area (Å²) >= 11 is 0. The summed E-state index contributed by atoms with van der Waals surface area (Å²) in [6.45, 7) is 13.2. The van der Waals surface area contributed by atoms with Crippen molar-refractivity contribution in [1.29, 1.82) is 0 Å². The highest BCUT2D eigenvalue weighted by Crippen LogP contribution is 2.17. The molecule has 1 aromatic heterocycles. The second-order valence-corrected chi connectivity index (χ2v) is 7.88. The fourth-order valence-electron chi connectivity index (χ4n) is 3.54. The first kappa shape index (κ1) is 27.1. The molecule has 1 fully saturated rings. The SMILES string of the molecule is CCNC(=NCc1ccc(N2CCN(CC)CC2)nc1)NCC(C)Oc1ccccc1F.I. The van der Waals surface area contributed by atoms with Crippen LogP contribution in [0.15, 0.2) is 47.6 Å². The molecule has 1 aliphatic rings. The van der Waals surface area contributed by atoms with Crippen LogP contribution in [0.25, 0.3) is 0 Å². The Labute approximate surface area is 213 Å². The van der Waals surface area contributed by atoms with Gasteiger partial charge in [-0.05, 0) is 44.2 Å². The molecule has 2 N–H and O–H groups in total. The van der Waals surface area contributed by atoms with E-state index in [0.29, 0.717) is 19.0 Å². The Kier molecular flexibility index (Phi) is 11.7. The van der Waals surface area contributed by atoms with Crippen LogP contribution in [0, 0.1) is 5.82 Å². The lowest BCUT2D eigenvalue weighted by Crippen LogP contribution is -2.46. The largest absolute Gasteiger partial charge is 0.486 e. The summed E-state index contributed by atoms with van der Waals surface area (Å²) in [5, 5.41) is 6.49. The van der Waals surface area contributed by atoms with Crippen molar-refractivity contribution in [3.05, 3.63) is 54.0 Å². The van der Waals surface area contributed by atoms with Crippen LogP contribution >= 0.6 is 24.0 Å². The molecule has 7 nitrogen and oxygen atoms in total. The number of hydrogen-bond acceptors (Lipinski definition) is 5. The molecule has 3 rings (SSSR count). The third kappa shape index (κ3) is 8.62. The molecule has 0 saturated carbocycles. The van der Waals surface area contributed by atoms with Crippen molar-refractivity contribution in [2.24, 2.45) is 4.99 Å². The van der Waals surface area contributed by atoms with Crippen LogP contribution in [0.2, 0.25) is 0 Å². The highest BCUT2D eigenvalue weighted by atomic mass is 127. The number of aliphatic imine (C=N–C) groups is 1. The molecule has 33 heavy (non-hydrogen) atoms. The van der Waals surface area contributed by atoms with Crippen molar-refractivity contribution in [3.63, 3.8) is 0 Å². The topological polar surface area (TPSA) is 65.0 Å². The average Bonchev–Trinajstić information content (AvgIpc) is 2.83. The van der Waals surface area contributed by atoms with Gasteiger partial charge in [0.2, 0.25) is 0 Å². The summed E-state index contributed by atoms with van der Waals surface area (Å²) in [5.41, 5.74) is 1.05. The number of benzene rings is 1. The molecule has 182 valence electrons. The minimum atomic E-state index is -0.358. The number of hydrogen-bond donors (Lipinski definition) is 2. The fraction of sp³-hybridized carbons (Fsp3) is 0.500. The Balaban J connectivity index is 0.00000385. The second-order valence-electron chi connectivity index (χ2n) is 7.88. The number of guanidine groups is 1. The number of pyridine rings is 1. The zero-order valence-corrected chi connectivity index (χ0v) is 22.1. The summed E-state index contributed by atoms with van der Waals surface area (Å²) < 4.78 is 19.4. The summed E-state index contributed by atoms with van der Waals surface area (Å²) in [5.74, 6) is 1.61. The van der Waals surface area contributed by atoms with E-state index in [4.69, 9.17) is 4.74 Å². The number of nitrogens with one attached hydrogen (secondary N) is 2. The van der Waals surface area contributed by atoms with Crippen LogP contribution in [0.5, 0.6) is 5.75 Å². The van der Waals surface area contributed by atoms with E-state index in [1.807, 2.05) is 20.0 Å². The van der Waals surface area contributed by atoms with Crippen LogP contribution in [0.1, 0.15) is 26.3 Å². The molecule has 2 aromatic rings. The van der Waals surface area contributed by atoms with Crippen molar-refractivity contribution < 1.29 is 9.13 Å². The van der Waals surface area contributed by atoms with Crippen molar-refractivity contribution in [2.75, 3.05) is 50.7 Å². The molecular weight excluding hydrogens is 534 g/mol. The van der Waals surface area contributed by atoms with E-state index in [-0.39, 0.29) is 41.6 Å². The maximum atomic E-state index is 13.8. The summed E-state index contributed by atoms with van der Waals surface area (Å²) in [4.78, 5) is 14.1. The molecule has 2 heterocycles. The van der Waals surface area contributed by atoms with Crippen molar-refractivity contribution in [2.45, 2.75) is 33.4 Å². The van der Waals surface area contributed by atoms with Crippen LogP contribution < -0.4 is 20.3 Å². The van der Waals surface area contributed by atoms with E-state index in [1.165, 1.54) is 6.07 Å². The predicted molar refractivity (Wildman–Crippen MR) is 143 cm³/mol. The number of nitrogens with zero attached hydrogens (tertiary/aromatic N) is 4. The Bertz CT molecular complexity index is 858. The van der Waals surface area contributed by atoms with Gasteiger partial charge in [0, 0.05) is 38.9 Å². The first-order valence-electron chi connectivity index (χ1n) is 11.4. The van der Waals surface area contributed by atoms with Gasteiger partial charge in [-0.25, -0.2) is 14.4 Å².